The van der Waals surface area contributed by atoms with Crippen molar-refractivity contribution in [1.82, 2.24) is 10.6 Å². The van der Waals surface area contributed by atoms with E-state index in [1.807, 2.05) is 6.92 Å². The van der Waals surface area contributed by atoms with E-state index in [0.29, 0.717) is 25.6 Å². The number of nitrogens with zero attached hydrogens (tertiary/aromatic N) is 1. The molecule has 0 unspecified atom stereocenters. The lowest BCUT2D eigenvalue weighted by molar-refractivity contribution is -0.122. The Hall–Kier alpha value is -0.790. The van der Waals surface area contributed by atoms with Crippen LogP contribution in [0, 0.1) is 5.92 Å². The summed E-state index contributed by atoms with van der Waals surface area (Å²) in [6, 6.07) is 0. The van der Waals surface area contributed by atoms with Crippen LogP contribution in [0.5, 0.6) is 0 Å². The van der Waals surface area contributed by atoms with Crippen LogP contribution in [0.25, 0.3) is 0 Å². The molecule has 0 aromatic heterocycles. The van der Waals surface area contributed by atoms with E-state index in [0.717, 1.165) is 18.4 Å². The third-order valence-corrected chi connectivity index (χ3v) is 2.20. The SMILES string of the molecule is C=C(C)CN=C(N)NCCNC(=O)C1CC1.I. The van der Waals surface area contributed by atoms with E-state index in [9.17, 15) is 4.79 Å². The number of halogens is 1. The molecule has 0 bridgehead atoms. The molecule has 17 heavy (non-hydrogen) atoms. The van der Waals surface area contributed by atoms with Gasteiger partial charge in [-0.3, -0.25) is 4.79 Å². The van der Waals surface area contributed by atoms with Crippen LogP contribution in [0.3, 0.4) is 0 Å². The highest BCUT2D eigenvalue weighted by Gasteiger charge is 2.28. The highest BCUT2D eigenvalue weighted by atomic mass is 127. The molecule has 0 radical (unpaired) electrons. The van der Waals surface area contributed by atoms with Gasteiger partial charge in [0.25, 0.3) is 0 Å². The van der Waals surface area contributed by atoms with Gasteiger partial charge in [0.1, 0.15) is 0 Å². The highest BCUT2D eigenvalue weighted by Crippen LogP contribution is 2.28. The van der Waals surface area contributed by atoms with Crippen LogP contribution in [0.2, 0.25) is 0 Å². The summed E-state index contributed by atoms with van der Waals surface area (Å²) in [6.45, 7) is 7.34. The van der Waals surface area contributed by atoms with Crippen LogP contribution in [-0.2, 0) is 4.79 Å². The van der Waals surface area contributed by atoms with Crippen LogP contribution in [0.15, 0.2) is 17.1 Å². The van der Waals surface area contributed by atoms with Crippen molar-refractivity contribution in [3.8, 4) is 0 Å². The fraction of sp³-hybridized carbons (Fsp3) is 0.636. The van der Waals surface area contributed by atoms with E-state index >= 15 is 0 Å². The Labute approximate surface area is 119 Å². The predicted molar refractivity (Wildman–Crippen MR) is 80.5 cm³/mol. The second-order valence-electron chi connectivity index (χ2n) is 4.15. The summed E-state index contributed by atoms with van der Waals surface area (Å²) >= 11 is 0. The maximum Gasteiger partial charge on any atom is 0.223 e. The minimum atomic E-state index is 0. The molecule has 1 rings (SSSR count). The lowest BCUT2D eigenvalue weighted by Gasteiger charge is -2.06. The standard InChI is InChI=1S/C11H20N4O.HI/c1-8(2)7-15-11(12)14-6-5-13-10(16)9-3-4-9;/h9H,1,3-7H2,2H3,(H,13,16)(H3,12,14,15);1H. The van der Waals surface area contributed by atoms with Gasteiger partial charge in [-0.1, -0.05) is 12.2 Å². The summed E-state index contributed by atoms with van der Waals surface area (Å²) in [7, 11) is 0. The van der Waals surface area contributed by atoms with Gasteiger partial charge in [-0.05, 0) is 19.8 Å². The summed E-state index contributed by atoms with van der Waals surface area (Å²) < 4.78 is 0. The van der Waals surface area contributed by atoms with E-state index in [4.69, 9.17) is 5.73 Å². The van der Waals surface area contributed by atoms with Crippen molar-refractivity contribution in [2.75, 3.05) is 19.6 Å². The number of hydrogen-bond donors (Lipinski definition) is 3. The number of carbonyl (C=O) groups excluding carboxylic acids is 1. The quantitative estimate of drug-likeness (QED) is 0.216. The van der Waals surface area contributed by atoms with Crippen molar-refractivity contribution in [1.29, 1.82) is 0 Å². The molecule has 6 heteroatoms. The number of carbonyl (C=O) groups is 1. The molecule has 0 aromatic rings. The van der Waals surface area contributed by atoms with Gasteiger partial charge < -0.3 is 16.4 Å². The number of nitrogens with one attached hydrogen (secondary N) is 2. The zero-order valence-corrected chi connectivity index (χ0v) is 12.5. The predicted octanol–water partition coefficient (Wildman–Crippen LogP) is 0.611. The van der Waals surface area contributed by atoms with Gasteiger partial charge in [0.05, 0.1) is 6.54 Å². The molecule has 98 valence electrons. The van der Waals surface area contributed by atoms with Gasteiger partial charge in [-0.2, -0.15) is 0 Å². The Balaban J connectivity index is 0.00000256. The molecule has 1 aliphatic rings. The normalized spacial score (nSPS) is 14.8. The van der Waals surface area contributed by atoms with Gasteiger partial charge in [0, 0.05) is 19.0 Å². The van der Waals surface area contributed by atoms with Crippen LogP contribution in [0.4, 0.5) is 0 Å². The smallest absolute Gasteiger partial charge is 0.223 e. The minimum absolute atomic E-state index is 0. The number of rotatable bonds is 6. The maximum absolute atomic E-state index is 11.3. The van der Waals surface area contributed by atoms with E-state index < -0.39 is 0 Å². The maximum atomic E-state index is 11.3. The van der Waals surface area contributed by atoms with Gasteiger partial charge in [-0.15, -0.1) is 24.0 Å². The number of hydrogen-bond acceptors (Lipinski definition) is 2. The Morgan fingerprint density at radius 3 is 2.53 bits per heavy atom. The van der Waals surface area contributed by atoms with Gasteiger partial charge >= 0.3 is 0 Å². The molecule has 5 nitrogen and oxygen atoms in total. The average molecular weight is 352 g/mol. The summed E-state index contributed by atoms with van der Waals surface area (Å²) in [4.78, 5) is 15.3. The average Bonchev–Trinajstić information content (AvgIpc) is 3.04. The van der Waals surface area contributed by atoms with Crippen molar-refractivity contribution in [3.63, 3.8) is 0 Å². The lowest BCUT2D eigenvalue weighted by atomic mass is 10.4. The van der Waals surface area contributed by atoms with Crippen LogP contribution in [0.1, 0.15) is 19.8 Å². The second kappa shape index (κ2) is 8.32. The highest BCUT2D eigenvalue weighted by molar-refractivity contribution is 14.0. The number of aliphatic imine (C=N–C) groups is 1. The Kier molecular flexibility index (Phi) is 7.94. The molecule has 0 saturated heterocycles. The molecule has 0 atom stereocenters. The zero-order valence-electron chi connectivity index (χ0n) is 10.2. The molecule has 0 heterocycles. The Bertz CT molecular complexity index is 300. The van der Waals surface area contributed by atoms with Crippen molar-refractivity contribution in [3.05, 3.63) is 12.2 Å². The number of nitrogens with two attached hydrogens (primary N) is 1. The summed E-state index contributed by atoms with van der Waals surface area (Å²) in [5.41, 5.74) is 6.56. The molecular weight excluding hydrogens is 331 g/mol. The molecule has 0 aromatic carbocycles. The lowest BCUT2D eigenvalue weighted by Crippen LogP contribution is -2.38. The first-order chi connectivity index (χ1) is 7.59. The van der Waals surface area contributed by atoms with Gasteiger partial charge in [-0.25, -0.2) is 4.99 Å². The molecular formula is C11H21IN4O. The molecule has 1 saturated carbocycles. The third-order valence-electron chi connectivity index (χ3n) is 2.20. The van der Waals surface area contributed by atoms with Crippen LogP contribution < -0.4 is 16.4 Å². The summed E-state index contributed by atoms with van der Waals surface area (Å²) in [5.74, 6) is 0.803. The van der Waals surface area contributed by atoms with Crippen molar-refractivity contribution >= 4 is 35.8 Å². The molecule has 4 N–H and O–H groups in total. The third kappa shape index (κ3) is 8.00. The fourth-order valence-electron chi connectivity index (χ4n) is 1.14. The summed E-state index contributed by atoms with van der Waals surface area (Å²) in [5, 5.41) is 5.76. The molecule has 1 aliphatic carbocycles. The molecule has 1 amide bonds. The monoisotopic (exact) mass is 352 g/mol. The van der Waals surface area contributed by atoms with Crippen LogP contribution in [-0.4, -0.2) is 31.5 Å². The molecule has 0 aliphatic heterocycles. The molecule has 1 fully saturated rings. The first kappa shape index (κ1) is 16.2. The van der Waals surface area contributed by atoms with E-state index in [1.165, 1.54) is 0 Å². The van der Waals surface area contributed by atoms with E-state index in [-0.39, 0.29) is 35.8 Å². The topological polar surface area (TPSA) is 79.5 Å². The number of guanidine groups is 1. The van der Waals surface area contributed by atoms with Crippen molar-refractivity contribution in [2.45, 2.75) is 19.8 Å². The number of amides is 1. The van der Waals surface area contributed by atoms with Crippen LogP contribution >= 0.6 is 24.0 Å². The van der Waals surface area contributed by atoms with E-state index in [1.54, 1.807) is 0 Å². The Morgan fingerprint density at radius 2 is 2.00 bits per heavy atom. The van der Waals surface area contributed by atoms with Crippen molar-refractivity contribution in [2.24, 2.45) is 16.6 Å². The van der Waals surface area contributed by atoms with Crippen molar-refractivity contribution < 1.29 is 4.79 Å². The molecule has 0 spiro atoms. The summed E-state index contributed by atoms with van der Waals surface area (Å²) in [6.07, 6.45) is 2.06. The zero-order chi connectivity index (χ0) is 12.0. The Morgan fingerprint density at radius 1 is 1.41 bits per heavy atom. The van der Waals surface area contributed by atoms with E-state index in [2.05, 4.69) is 22.2 Å². The first-order valence-corrected chi connectivity index (χ1v) is 5.55. The van der Waals surface area contributed by atoms with Gasteiger partial charge in [0.2, 0.25) is 5.91 Å². The largest absolute Gasteiger partial charge is 0.370 e. The van der Waals surface area contributed by atoms with Gasteiger partial charge in [0.15, 0.2) is 5.96 Å². The minimum Gasteiger partial charge on any atom is -0.370 e. The fourth-order valence-corrected chi connectivity index (χ4v) is 1.14. The second-order valence-corrected chi connectivity index (χ2v) is 4.15. The first-order valence-electron chi connectivity index (χ1n) is 5.55.